The van der Waals surface area contributed by atoms with Gasteiger partial charge in [-0.2, -0.15) is 0 Å². The summed E-state index contributed by atoms with van der Waals surface area (Å²) >= 11 is 0. The number of carbonyl (C=O) groups excluding carboxylic acids is 1. The van der Waals surface area contributed by atoms with Gasteiger partial charge in [0.1, 0.15) is 11.6 Å². The lowest BCUT2D eigenvalue weighted by molar-refractivity contribution is 0.102. The van der Waals surface area contributed by atoms with Gasteiger partial charge in [-0.05, 0) is 61.4 Å². The van der Waals surface area contributed by atoms with Crippen LogP contribution in [-0.4, -0.2) is 21.1 Å². The molecule has 0 atom stereocenters. The molecule has 0 radical (unpaired) electrons. The van der Waals surface area contributed by atoms with Gasteiger partial charge in [-0.25, -0.2) is 9.37 Å². The zero-order chi connectivity index (χ0) is 23.4. The standard InChI is InChI=1S/C25H24FN5O2/c1-16-30-31-24(33-16)25(2,3)18-8-12-20(13-9-18)29-23(32)21-5-4-14-27-22(21)28-15-17-6-10-19(26)11-7-17/h4-14H,15H2,1-3H3,(H,27,28)(H,29,32). The molecule has 0 saturated heterocycles. The van der Waals surface area contributed by atoms with Crippen LogP contribution in [0.4, 0.5) is 15.9 Å². The summed E-state index contributed by atoms with van der Waals surface area (Å²) in [7, 11) is 0. The summed E-state index contributed by atoms with van der Waals surface area (Å²) in [5.41, 5.74) is 2.44. The van der Waals surface area contributed by atoms with Crippen LogP contribution in [-0.2, 0) is 12.0 Å². The molecule has 1 amide bonds. The topological polar surface area (TPSA) is 92.9 Å². The average molecular weight is 445 g/mol. The summed E-state index contributed by atoms with van der Waals surface area (Å²) in [6.07, 6.45) is 1.61. The van der Waals surface area contributed by atoms with E-state index < -0.39 is 5.41 Å². The number of nitrogens with one attached hydrogen (secondary N) is 2. The monoisotopic (exact) mass is 445 g/mol. The van der Waals surface area contributed by atoms with Gasteiger partial charge >= 0.3 is 0 Å². The van der Waals surface area contributed by atoms with Crippen LogP contribution >= 0.6 is 0 Å². The first-order chi connectivity index (χ1) is 15.8. The zero-order valence-corrected chi connectivity index (χ0v) is 18.6. The van der Waals surface area contributed by atoms with Crippen molar-refractivity contribution in [2.75, 3.05) is 10.6 Å². The minimum absolute atomic E-state index is 0.288. The van der Waals surface area contributed by atoms with E-state index >= 15 is 0 Å². The Kier molecular flexibility index (Phi) is 6.17. The Bertz CT molecular complexity index is 1250. The first-order valence-electron chi connectivity index (χ1n) is 10.5. The fraction of sp³-hybridized carbons (Fsp3) is 0.200. The van der Waals surface area contributed by atoms with Gasteiger partial charge in [-0.3, -0.25) is 4.79 Å². The Morgan fingerprint density at radius 2 is 1.76 bits per heavy atom. The van der Waals surface area contributed by atoms with Crippen molar-refractivity contribution in [1.82, 2.24) is 15.2 Å². The lowest BCUT2D eigenvalue weighted by Gasteiger charge is -2.21. The number of rotatable bonds is 7. The van der Waals surface area contributed by atoms with Crippen LogP contribution in [0.1, 0.15) is 47.1 Å². The van der Waals surface area contributed by atoms with Crippen molar-refractivity contribution >= 4 is 17.4 Å². The van der Waals surface area contributed by atoms with Gasteiger partial charge in [0.15, 0.2) is 0 Å². The molecule has 8 heteroatoms. The lowest BCUT2D eigenvalue weighted by Crippen LogP contribution is -2.20. The number of aromatic nitrogens is 3. The molecule has 2 N–H and O–H groups in total. The van der Waals surface area contributed by atoms with E-state index in [0.29, 0.717) is 35.4 Å². The number of pyridine rings is 1. The molecule has 0 saturated carbocycles. The number of carbonyl (C=O) groups is 1. The van der Waals surface area contributed by atoms with E-state index in [1.165, 1.54) is 12.1 Å². The first kappa shape index (κ1) is 22.1. The molecule has 7 nitrogen and oxygen atoms in total. The summed E-state index contributed by atoms with van der Waals surface area (Å²) in [6, 6.07) is 17.1. The van der Waals surface area contributed by atoms with E-state index in [9.17, 15) is 9.18 Å². The number of anilines is 2. The van der Waals surface area contributed by atoms with Gasteiger partial charge in [-0.15, -0.1) is 10.2 Å². The van der Waals surface area contributed by atoms with Gasteiger partial charge in [0.05, 0.1) is 11.0 Å². The van der Waals surface area contributed by atoms with Crippen molar-refractivity contribution < 1.29 is 13.6 Å². The number of hydrogen-bond acceptors (Lipinski definition) is 6. The molecule has 0 unspecified atom stereocenters. The fourth-order valence-corrected chi connectivity index (χ4v) is 3.36. The van der Waals surface area contributed by atoms with Crippen molar-refractivity contribution in [2.45, 2.75) is 32.7 Å². The Balaban J connectivity index is 1.45. The molecular formula is C25H24FN5O2. The average Bonchev–Trinajstić information content (AvgIpc) is 3.26. The fourth-order valence-electron chi connectivity index (χ4n) is 3.36. The maximum absolute atomic E-state index is 13.1. The van der Waals surface area contributed by atoms with Gasteiger partial charge in [-0.1, -0.05) is 24.3 Å². The maximum Gasteiger partial charge on any atom is 0.259 e. The van der Waals surface area contributed by atoms with E-state index in [-0.39, 0.29) is 11.7 Å². The molecule has 4 aromatic rings. The van der Waals surface area contributed by atoms with Gasteiger partial charge in [0, 0.05) is 25.4 Å². The number of hydrogen-bond donors (Lipinski definition) is 2. The predicted molar refractivity (Wildman–Crippen MR) is 124 cm³/mol. The lowest BCUT2D eigenvalue weighted by atomic mass is 9.84. The van der Waals surface area contributed by atoms with Crippen LogP contribution < -0.4 is 10.6 Å². The van der Waals surface area contributed by atoms with Crippen molar-refractivity contribution in [1.29, 1.82) is 0 Å². The highest BCUT2D eigenvalue weighted by Gasteiger charge is 2.29. The maximum atomic E-state index is 13.1. The summed E-state index contributed by atoms with van der Waals surface area (Å²) in [5, 5.41) is 14.1. The second-order valence-corrected chi connectivity index (χ2v) is 8.16. The minimum Gasteiger partial charge on any atom is -0.425 e. The normalized spacial score (nSPS) is 11.3. The van der Waals surface area contributed by atoms with Crippen LogP contribution in [0, 0.1) is 12.7 Å². The molecule has 4 rings (SSSR count). The third-order valence-electron chi connectivity index (χ3n) is 5.35. The van der Waals surface area contributed by atoms with Gasteiger partial charge in [0.2, 0.25) is 11.8 Å². The predicted octanol–water partition coefficient (Wildman–Crippen LogP) is 5.10. The molecule has 33 heavy (non-hydrogen) atoms. The van der Waals surface area contributed by atoms with Crippen molar-refractivity contribution in [3.8, 4) is 0 Å². The highest BCUT2D eigenvalue weighted by Crippen LogP contribution is 2.31. The van der Waals surface area contributed by atoms with E-state index in [0.717, 1.165) is 11.1 Å². The van der Waals surface area contributed by atoms with Crippen LogP contribution in [0.25, 0.3) is 0 Å². The molecule has 2 aromatic carbocycles. The Morgan fingerprint density at radius 3 is 2.42 bits per heavy atom. The minimum atomic E-state index is -0.468. The third-order valence-corrected chi connectivity index (χ3v) is 5.35. The first-order valence-corrected chi connectivity index (χ1v) is 10.5. The Hall–Kier alpha value is -4.07. The summed E-state index contributed by atoms with van der Waals surface area (Å²) in [4.78, 5) is 17.2. The Labute approximate surface area is 191 Å². The van der Waals surface area contributed by atoms with Gasteiger partial charge in [0.25, 0.3) is 5.91 Å². The molecule has 0 bridgehead atoms. The second kappa shape index (κ2) is 9.20. The number of amides is 1. The molecule has 168 valence electrons. The second-order valence-electron chi connectivity index (χ2n) is 8.16. The molecule has 0 aliphatic carbocycles. The SMILES string of the molecule is Cc1nnc(C(C)(C)c2ccc(NC(=O)c3cccnc3NCc3ccc(F)cc3)cc2)o1. The molecule has 0 spiro atoms. The van der Waals surface area contributed by atoms with Crippen LogP contribution in [0.5, 0.6) is 0 Å². The zero-order valence-electron chi connectivity index (χ0n) is 18.6. The molecular weight excluding hydrogens is 421 g/mol. The molecule has 2 heterocycles. The number of aryl methyl sites for hydroxylation is 1. The highest BCUT2D eigenvalue weighted by molar-refractivity contribution is 6.07. The molecule has 0 aliphatic rings. The van der Waals surface area contributed by atoms with Gasteiger partial charge < -0.3 is 15.1 Å². The summed E-state index contributed by atoms with van der Waals surface area (Å²) in [6.45, 7) is 6.17. The number of nitrogens with zero attached hydrogens (tertiary/aromatic N) is 3. The third kappa shape index (κ3) is 5.06. The van der Waals surface area contributed by atoms with Crippen LogP contribution in [0.15, 0.2) is 71.3 Å². The van der Waals surface area contributed by atoms with Crippen LogP contribution in [0.2, 0.25) is 0 Å². The largest absolute Gasteiger partial charge is 0.425 e. The van der Waals surface area contributed by atoms with E-state index in [1.807, 2.05) is 38.1 Å². The van der Waals surface area contributed by atoms with Crippen molar-refractivity contribution in [3.05, 3.63) is 101 Å². The van der Waals surface area contributed by atoms with Crippen molar-refractivity contribution in [3.63, 3.8) is 0 Å². The number of halogens is 1. The smallest absolute Gasteiger partial charge is 0.259 e. The Morgan fingerprint density at radius 1 is 1.03 bits per heavy atom. The van der Waals surface area contributed by atoms with Crippen LogP contribution in [0.3, 0.4) is 0 Å². The quantitative estimate of drug-likeness (QED) is 0.411. The molecule has 2 aromatic heterocycles. The van der Waals surface area contributed by atoms with Crippen molar-refractivity contribution in [2.24, 2.45) is 0 Å². The van der Waals surface area contributed by atoms with E-state index in [4.69, 9.17) is 4.42 Å². The highest BCUT2D eigenvalue weighted by atomic mass is 19.1. The van der Waals surface area contributed by atoms with E-state index in [1.54, 1.807) is 37.4 Å². The molecule has 0 aliphatic heterocycles. The molecule has 0 fully saturated rings. The number of benzene rings is 2. The summed E-state index contributed by atoms with van der Waals surface area (Å²) < 4.78 is 18.7. The van der Waals surface area contributed by atoms with E-state index in [2.05, 4.69) is 25.8 Å². The summed E-state index contributed by atoms with van der Waals surface area (Å²) in [5.74, 6) is 0.914.